The van der Waals surface area contributed by atoms with Crippen LogP contribution < -0.4 is 9.04 Å². The van der Waals surface area contributed by atoms with E-state index >= 15 is 0 Å². The largest absolute Gasteiger partial charge is 0.494 e. The lowest BCUT2D eigenvalue weighted by Crippen LogP contribution is -2.22. The third-order valence-electron chi connectivity index (χ3n) is 3.85. The zero-order valence-corrected chi connectivity index (χ0v) is 17.0. The second-order valence-electron chi connectivity index (χ2n) is 5.69. The molecular weight excluding hydrogens is 418 g/mol. The summed E-state index contributed by atoms with van der Waals surface area (Å²) >= 11 is 3.34. The summed E-state index contributed by atoms with van der Waals surface area (Å²) in [6, 6.07) is 14.3. The Morgan fingerprint density at radius 1 is 1.04 bits per heavy atom. The summed E-state index contributed by atoms with van der Waals surface area (Å²) in [6.45, 7) is 2.73. The molecule has 0 N–H and O–H groups in total. The molecule has 140 valence electrons. The molecule has 2 aromatic carbocycles. The molecule has 0 unspecified atom stereocenters. The summed E-state index contributed by atoms with van der Waals surface area (Å²) in [7, 11) is -2.68. The van der Waals surface area contributed by atoms with E-state index in [1.165, 1.54) is 4.31 Å². The van der Waals surface area contributed by atoms with E-state index in [1.54, 1.807) is 36.4 Å². The summed E-state index contributed by atoms with van der Waals surface area (Å²) in [5.74, 6) is 0.814. The number of unbranched alkanes of at least 4 members (excludes halogenated alkanes) is 1. The molecule has 7 heteroatoms. The maximum absolute atomic E-state index is 11.6. The van der Waals surface area contributed by atoms with Crippen LogP contribution in [0, 0.1) is 0 Å². The van der Waals surface area contributed by atoms with E-state index < -0.39 is 10.9 Å². The Balaban J connectivity index is 1.78. The number of thiol groups is 1. The topological polar surface area (TPSA) is 63.7 Å². The van der Waals surface area contributed by atoms with Gasteiger partial charge in [-0.2, -0.15) is 0 Å². The molecule has 26 heavy (non-hydrogen) atoms. The van der Waals surface area contributed by atoms with Gasteiger partial charge >= 0.3 is 0 Å². The van der Waals surface area contributed by atoms with Crippen LogP contribution in [0.15, 0.2) is 53.0 Å². The SMILES string of the molecule is CCC(=O)c1ccc(OCCCCN(c2ccc(Br)cc2)[SH](=O)=O)cc1. The first-order chi connectivity index (χ1) is 12.5. The number of ketones is 1. The number of hydrogen-bond donors (Lipinski definition) is 1. The van der Waals surface area contributed by atoms with Crippen LogP contribution in [-0.4, -0.2) is 27.4 Å². The van der Waals surface area contributed by atoms with Crippen LogP contribution in [0.4, 0.5) is 5.69 Å². The van der Waals surface area contributed by atoms with Crippen molar-refractivity contribution in [3.8, 4) is 5.75 Å². The molecule has 0 aliphatic heterocycles. The predicted octanol–water partition coefficient (Wildman–Crippen LogP) is 4.23. The maximum atomic E-state index is 11.6. The van der Waals surface area contributed by atoms with E-state index in [4.69, 9.17) is 4.74 Å². The minimum atomic E-state index is -2.68. The molecule has 0 saturated heterocycles. The first kappa shape index (κ1) is 20.5. The lowest BCUT2D eigenvalue weighted by atomic mass is 10.1. The lowest BCUT2D eigenvalue weighted by Gasteiger charge is -2.17. The molecule has 2 aromatic rings. The van der Waals surface area contributed by atoms with E-state index in [0.29, 0.717) is 43.0 Å². The number of benzene rings is 2. The Kier molecular flexibility index (Phi) is 8.12. The summed E-state index contributed by atoms with van der Waals surface area (Å²) < 4.78 is 30.9. The molecule has 0 aliphatic rings. The van der Waals surface area contributed by atoms with E-state index in [0.717, 1.165) is 10.9 Å². The molecule has 0 aromatic heterocycles. The van der Waals surface area contributed by atoms with Crippen molar-refractivity contribution in [2.45, 2.75) is 26.2 Å². The Labute approximate surface area is 164 Å². The second kappa shape index (κ2) is 10.3. The van der Waals surface area contributed by atoms with Gasteiger partial charge in [0.25, 0.3) is 0 Å². The third-order valence-corrected chi connectivity index (χ3v) is 5.21. The van der Waals surface area contributed by atoms with Crippen LogP contribution in [0.3, 0.4) is 0 Å². The van der Waals surface area contributed by atoms with Crippen molar-refractivity contribution < 1.29 is 17.9 Å². The highest BCUT2D eigenvalue weighted by Crippen LogP contribution is 2.19. The summed E-state index contributed by atoms with van der Waals surface area (Å²) in [6.07, 6.45) is 1.90. The molecule has 0 fully saturated rings. The zero-order chi connectivity index (χ0) is 18.9. The zero-order valence-electron chi connectivity index (χ0n) is 14.6. The Bertz CT molecular complexity index is 780. The van der Waals surface area contributed by atoms with Crippen LogP contribution in [-0.2, 0) is 10.9 Å². The van der Waals surface area contributed by atoms with Crippen LogP contribution in [0.2, 0.25) is 0 Å². The normalized spacial score (nSPS) is 10.7. The number of rotatable bonds is 10. The number of ether oxygens (including phenoxy) is 1. The second-order valence-corrected chi connectivity index (χ2v) is 7.57. The van der Waals surface area contributed by atoms with Crippen LogP contribution in [0.5, 0.6) is 5.75 Å². The highest BCUT2D eigenvalue weighted by atomic mass is 79.9. The van der Waals surface area contributed by atoms with Gasteiger partial charge in [-0.3, -0.25) is 9.10 Å². The van der Waals surface area contributed by atoms with Crippen LogP contribution in [0.1, 0.15) is 36.5 Å². The van der Waals surface area contributed by atoms with Crippen molar-refractivity contribution in [2.75, 3.05) is 17.5 Å². The average Bonchev–Trinajstić information content (AvgIpc) is 2.65. The molecule has 0 bridgehead atoms. The number of anilines is 1. The van der Waals surface area contributed by atoms with Gasteiger partial charge < -0.3 is 4.74 Å². The van der Waals surface area contributed by atoms with Gasteiger partial charge in [-0.15, -0.1) is 0 Å². The van der Waals surface area contributed by atoms with E-state index in [1.807, 2.05) is 19.1 Å². The fourth-order valence-electron chi connectivity index (χ4n) is 2.41. The molecule has 0 atom stereocenters. The number of Topliss-reactive ketones (excluding diaryl/α,β-unsaturated/α-hetero) is 1. The average molecular weight is 440 g/mol. The number of halogens is 1. The van der Waals surface area contributed by atoms with Gasteiger partial charge in [0.1, 0.15) is 5.75 Å². The summed E-state index contributed by atoms with van der Waals surface area (Å²) in [5, 5.41) is 0. The van der Waals surface area contributed by atoms with E-state index in [2.05, 4.69) is 15.9 Å². The van der Waals surface area contributed by atoms with Crippen molar-refractivity contribution in [1.82, 2.24) is 0 Å². The molecule has 0 saturated carbocycles. The molecule has 0 aliphatic carbocycles. The van der Waals surface area contributed by atoms with Crippen LogP contribution >= 0.6 is 15.9 Å². The van der Waals surface area contributed by atoms with Gasteiger partial charge in [-0.25, -0.2) is 8.42 Å². The maximum Gasteiger partial charge on any atom is 0.225 e. The fraction of sp³-hybridized carbons (Fsp3) is 0.316. The highest BCUT2D eigenvalue weighted by Gasteiger charge is 2.08. The van der Waals surface area contributed by atoms with Gasteiger partial charge in [0.05, 0.1) is 12.3 Å². The Morgan fingerprint density at radius 3 is 2.27 bits per heavy atom. The third kappa shape index (κ3) is 6.14. The minimum absolute atomic E-state index is 0.108. The molecule has 0 spiro atoms. The quantitative estimate of drug-likeness (QED) is 0.341. The van der Waals surface area contributed by atoms with Crippen molar-refractivity contribution >= 4 is 38.3 Å². The number of hydrogen-bond acceptors (Lipinski definition) is 4. The number of carbonyl (C=O) groups is 1. The van der Waals surface area contributed by atoms with Gasteiger partial charge in [0.2, 0.25) is 10.9 Å². The van der Waals surface area contributed by atoms with Gasteiger partial charge in [-0.1, -0.05) is 22.9 Å². The van der Waals surface area contributed by atoms with Gasteiger partial charge in [0.15, 0.2) is 5.78 Å². The molecule has 2 rings (SSSR count). The van der Waals surface area contributed by atoms with Crippen molar-refractivity contribution in [2.24, 2.45) is 0 Å². The summed E-state index contributed by atoms with van der Waals surface area (Å²) in [5.41, 5.74) is 1.34. The van der Waals surface area contributed by atoms with Crippen molar-refractivity contribution in [3.05, 3.63) is 58.6 Å². The highest BCUT2D eigenvalue weighted by molar-refractivity contribution is 9.10. The van der Waals surface area contributed by atoms with Crippen molar-refractivity contribution in [1.29, 1.82) is 0 Å². The number of nitrogens with zero attached hydrogens (tertiary/aromatic N) is 1. The van der Waals surface area contributed by atoms with E-state index in [-0.39, 0.29) is 5.78 Å². The Morgan fingerprint density at radius 2 is 1.69 bits per heavy atom. The van der Waals surface area contributed by atoms with E-state index in [9.17, 15) is 13.2 Å². The smallest absolute Gasteiger partial charge is 0.225 e. The standard InChI is InChI=1S/C19H22BrNO4S/c1-2-19(22)15-5-11-18(12-6-15)25-14-4-3-13-21(26(23)24)17-9-7-16(20)8-10-17/h5-12,26H,2-4,13-14H2,1H3. The molecule has 0 radical (unpaired) electrons. The molecule has 0 amide bonds. The molecular formula is C19H22BrNO4S. The minimum Gasteiger partial charge on any atom is -0.494 e. The Hall–Kier alpha value is -1.86. The van der Waals surface area contributed by atoms with Crippen LogP contribution in [0.25, 0.3) is 0 Å². The number of carbonyl (C=O) groups excluding carboxylic acids is 1. The van der Waals surface area contributed by atoms with Gasteiger partial charge in [0, 0.05) is 23.0 Å². The molecule has 0 heterocycles. The molecule has 5 nitrogen and oxygen atoms in total. The lowest BCUT2D eigenvalue weighted by molar-refractivity contribution is 0.0988. The first-order valence-electron chi connectivity index (χ1n) is 8.44. The van der Waals surface area contributed by atoms with Crippen molar-refractivity contribution in [3.63, 3.8) is 0 Å². The fourth-order valence-corrected chi connectivity index (χ4v) is 3.30. The first-order valence-corrected chi connectivity index (χ1v) is 10.4. The predicted molar refractivity (Wildman–Crippen MR) is 108 cm³/mol. The van der Waals surface area contributed by atoms with Gasteiger partial charge in [-0.05, 0) is 61.4 Å². The summed E-state index contributed by atoms with van der Waals surface area (Å²) in [4.78, 5) is 11.6. The monoisotopic (exact) mass is 439 g/mol.